The molecule has 1 aliphatic heterocycles. The molecule has 0 amide bonds. The summed E-state index contributed by atoms with van der Waals surface area (Å²) in [6.07, 6.45) is 1.57. The van der Waals surface area contributed by atoms with Gasteiger partial charge in [-0.15, -0.1) is 0 Å². The Balaban J connectivity index is 1.64. The van der Waals surface area contributed by atoms with Gasteiger partial charge in [0.05, 0.1) is 23.6 Å². The van der Waals surface area contributed by atoms with Crippen molar-refractivity contribution in [1.29, 1.82) is 0 Å². The zero-order valence-corrected chi connectivity index (χ0v) is 15.4. The van der Waals surface area contributed by atoms with E-state index in [4.69, 9.17) is 0 Å². The Hall–Kier alpha value is -3.39. The highest BCUT2D eigenvalue weighted by Crippen LogP contribution is 2.24. The van der Waals surface area contributed by atoms with E-state index in [1.54, 1.807) is 12.3 Å². The minimum Gasteiger partial charge on any atom is -0.332 e. The summed E-state index contributed by atoms with van der Waals surface area (Å²) < 4.78 is 1.97. The number of fused-ring (bicyclic) bond motifs is 1. The lowest BCUT2D eigenvalue weighted by Gasteiger charge is -2.22. The van der Waals surface area contributed by atoms with Gasteiger partial charge in [-0.2, -0.15) is 0 Å². The molecule has 28 heavy (non-hydrogen) atoms. The molecule has 8 nitrogen and oxygen atoms in total. The summed E-state index contributed by atoms with van der Waals surface area (Å²) in [6.45, 7) is 2.34. The Kier molecular flexibility index (Phi) is 4.70. The van der Waals surface area contributed by atoms with Gasteiger partial charge < -0.3 is 4.57 Å². The van der Waals surface area contributed by atoms with Crippen molar-refractivity contribution in [3.8, 4) is 11.3 Å². The molecule has 0 unspecified atom stereocenters. The normalized spacial score (nSPS) is 13.9. The van der Waals surface area contributed by atoms with Crippen LogP contribution in [0.25, 0.3) is 11.3 Å². The van der Waals surface area contributed by atoms with Gasteiger partial charge in [-0.1, -0.05) is 30.3 Å². The van der Waals surface area contributed by atoms with Crippen LogP contribution in [0.1, 0.15) is 22.0 Å². The van der Waals surface area contributed by atoms with Gasteiger partial charge in [0.15, 0.2) is 5.78 Å². The van der Waals surface area contributed by atoms with Gasteiger partial charge in [0.2, 0.25) is 0 Å². The third-order valence-corrected chi connectivity index (χ3v) is 4.82. The number of pyridine rings is 1. The fourth-order valence-electron chi connectivity index (χ4n) is 3.31. The Bertz CT molecular complexity index is 1050. The summed E-state index contributed by atoms with van der Waals surface area (Å²) in [5.74, 6) is 0.558. The molecule has 0 N–H and O–H groups in total. The van der Waals surface area contributed by atoms with Crippen molar-refractivity contribution in [2.45, 2.75) is 19.5 Å². The Morgan fingerprint density at radius 1 is 1.14 bits per heavy atom. The zero-order valence-electron chi connectivity index (χ0n) is 15.4. The number of benzene rings is 1. The highest BCUT2D eigenvalue weighted by molar-refractivity contribution is 5.96. The van der Waals surface area contributed by atoms with Gasteiger partial charge in [-0.3, -0.25) is 19.8 Å². The molecule has 0 saturated heterocycles. The molecular formula is C20H19N5O3. The molecule has 2 aromatic heterocycles. The molecule has 1 aromatic carbocycles. The third-order valence-electron chi connectivity index (χ3n) is 4.82. The first-order chi connectivity index (χ1) is 13.5. The summed E-state index contributed by atoms with van der Waals surface area (Å²) in [7, 11) is 2.00. The van der Waals surface area contributed by atoms with E-state index in [1.807, 2.05) is 41.9 Å². The summed E-state index contributed by atoms with van der Waals surface area (Å²) in [6, 6.07) is 12.4. The van der Waals surface area contributed by atoms with Crippen molar-refractivity contribution >= 4 is 11.5 Å². The van der Waals surface area contributed by atoms with Crippen LogP contribution in [-0.2, 0) is 19.5 Å². The fraction of sp³-hybridized carbons (Fsp3) is 0.250. The molecule has 142 valence electrons. The Morgan fingerprint density at radius 2 is 1.93 bits per heavy atom. The van der Waals surface area contributed by atoms with Crippen molar-refractivity contribution in [2.24, 2.45) is 0 Å². The van der Waals surface area contributed by atoms with E-state index in [0.717, 1.165) is 24.5 Å². The second kappa shape index (κ2) is 7.32. The fourth-order valence-corrected chi connectivity index (χ4v) is 3.31. The predicted octanol–water partition coefficient (Wildman–Crippen LogP) is 2.72. The Morgan fingerprint density at radius 3 is 2.68 bits per heavy atom. The molecule has 0 radical (unpaired) electrons. The van der Waals surface area contributed by atoms with E-state index in [-0.39, 0.29) is 23.6 Å². The van der Waals surface area contributed by atoms with Crippen LogP contribution >= 0.6 is 0 Å². The van der Waals surface area contributed by atoms with Crippen LogP contribution in [0.15, 0.2) is 48.7 Å². The minimum absolute atomic E-state index is 0.152. The quantitative estimate of drug-likeness (QED) is 0.385. The lowest BCUT2D eigenvalue weighted by atomic mass is 10.1. The lowest BCUT2D eigenvalue weighted by Crippen LogP contribution is -2.30. The number of nitro groups is 1. The highest BCUT2D eigenvalue weighted by atomic mass is 16.6. The van der Waals surface area contributed by atoms with Crippen LogP contribution in [0.2, 0.25) is 0 Å². The molecule has 0 aliphatic carbocycles. The average Bonchev–Trinajstić information content (AvgIpc) is 3.12. The number of carbonyl (C=O) groups excluding carboxylic acids is 1. The number of rotatable bonds is 5. The summed E-state index contributed by atoms with van der Waals surface area (Å²) in [4.78, 5) is 34.7. The van der Waals surface area contributed by atoms with Crippen molar-refractivity contribution in [2.75, 3.05) is 13.6 Å². The first-order valence-electron chi connectivity index (χ1n) is 8.99. The second-order valence-electron chi connectivity index (χ2n) is 6.86. The molecule has 0 fully saturated rings. The van der Waals surface area contributed by atoms with Crippen molar-refractivity contribution in [1.82, 2.24) is 19.4 Å². The number of hydrogen-bond donors (Lipinski definition) is 0. The van der Waals surface area contributed by atoms with Gasteiger partial charge in [0.1, 0.15) is 17.2 Å². The molecular weight excluding hydrogens is 358 g/mol. The zero-order chi connectivity index (χ0) is 19.7. The van der Waals surface area contributed by atoms with Crippen LogP contribution in [0.4, 0.5) is 5.69 Å². The van der Waals surface area contributed by atoms with Crippen LogP contribution in [0.5, 0.6) is 0 Å². The number of Topliss-reactive ketones (excluding diaryl/α,β-unsaturated/α-hetero) is 1. The molecule has 0 atom stereocenters. The first kappa shape index (κ1) is 18.0. The number of likely N-dealkylation sites (N-methyl/N-ethyl adjacent to an activating group) is 1. The number of imidazole rings is 1. The number of carbonyl (C=O) groups is 1. The number of aromatic nitrogens is 3. The van der Waals surface area contributed by atoms with E-state index in [9.17, 15) is 14.9 Å². The predicted molar refractivity (Wildman–Crippen MR) is 103 cm³/mol. The molecule has 8 heteroatoms. The largest absolute Gasteiger partial charge is 0.332 e. The van der Waals surface area contributed by atoms with Gasteiger partial charge >= 0.3 is 0 Å². The summed E-state index contributed by atoms with van der Waals surface area (Å²) in [5.41, 5.74) is 1.76. The van der Waals surface area contributed by atoms with E-state index in [0.29, 0.717) is 17.9 Å². The van der Waals surface area contributed by atoms with Gasteiger partial charge in [0, 0.05) is 30.9 Å². The van der Waals surface area contributed by atoms with Gasteiger partial charge in [0.25, 0.3) is 5.69 Å². The number of hydrogen-bond acceptors (Lipinski definition) is 6. The van der Waals surface area contributed by atoms with Crippen molar-refractivity contribution in [3.05, 3.63) is 76.0 Å². The van der Waals surface area contributed by atoms with Crippen LogP contribution in [-0.4, -0.2) is 43.7 Å². The molecule has 3 heterocycles. The lowest BCUT2D eigenvalue weighted by molar-refractivity contribution is -0.385. The molecule has 0 saturated carbocycles. The maximum atomic E-state index is 12.8. The highest BCUT2D eigenvalue weighted by Gasteiger charge is 2.23. The van der Waals surface area contributed by atoms with Gasteiger partial charge in [-0.05, 0) is 13.1 Å². The Labute approximate surface area is 161 Å². The van der Waals surface area contributed by atoms with Gasteiger partial charge in [-0.25, -0.2) is 9.97 Å². The van der Waals surface area contributed by atoms with Crippen LogP contribution < -0.4 is 0 Å². The van der Waals surface area contributed by atoms with E-state index >= 15 is 0 Å². The minimum atomic E-state index is -0.502. The summed E-state index contributed by atoms with van der Waals surface area (Å²) in [5, 5.41) is 11.4. The third kappa shape index (κ3) is 3.54. The monoisotopic (exact) mass is 377 g/mol. The number of nitrogens with zero attached hydrogens (tertiary/aromatic N) is 5. The van der Waals surface area contributed by atoms with Crippen molar-refractivity contribution < 1.29 is 9.72 Å². The van der Waals surface area contributed by atoms with Crippen molar-refractivity contribution in [3.63, 3.8) is 0 Å². The van der Waals surface area contributed by atoms with E-state index in [2.05, 4.69) is 14.9 Å². The maximum Gasteiger partial charge on any atom is 0.291 e. The summed E-state index contributed by atoms with van der Waals surface area (Å²) >= 11 is 0. The standard InChI is InChI=1S/C20H19N5O3/c1-23-9-10-24-12-17(22-20(24)13-23)19(26)11-16-18(25(27)28)8-7-15(21-16)14-5-3-2-4-6-14/h2-8,12H,9-11,13H2,1H3. The van der Waals surface area contributed by atoms with Crippen LogP contribution in [0.3, 0.4) is 0 Å². The SMILES string of the molecule is CN1CCn2cc(C(=O)Cc3nc(-c4ccccc4)ccc3[N+](=O)[O-])nc2C1. The molecule has 3 aromatic rings. The topological polar surface area (TPSA) is 94.2 Å². The first-order valence-corrected chi connectivity index (χ1v) is 8.99. The smallest absolute Gasteiger partial charge is 0.291 e. The second-order valence-corrected chi connectivity index (χ2v) is 6.86. The molecule has 4 rings (SSSR count). The van der Waals surface area contributed by atoms with E-state index in [1.165, 1.54) is 6.07 Å². The maximum absolute atomic E-state index is 12.8. The number of ketones is 1. The van der Waals surface area contributed by atoms with E-state index < -0.39 is 4.92 Å². The molecule has 0 spiro atoms. The van der Waals surface area contributed by atoms with Crippen LogP contribution in [0, 0.1) is 10.1 Å². The molecule has 0 bridgehead atoms. The molecule has 1 aliphatic rings. The average molecular weight is 377 g/mol.